The van der Waals surface area contributed by atoms with E-state index in [1.807, 2.05) is 12.1 Å². The van der Waals surface area contributed by atoms with Gasteiger partial charge in [-0.3, -0.25) is 0 Å². The second kappa shape index (κ2) is 10.4. The minimum atomic E-state index is 0.635. The lowest BCUT2D eigenvalue weighted by molar-refractivity contribution is 1.18. The molecule has 0 atom stereocenters. The van der Waals surface area contributed by atoms with Crippen LogP contribution in [0.25, 0.3) is 77.2 Å². The zero-order valence-electron chi connectivity index (χ0n) is 24.9. The number of hydrogen-bond acceptors (Lipinski definition) is 1. The number of rotatable bonds is 4. The molecule has 0 amide bonds. The standard InChI is InChI=1S/C43H27N3/c44-28-29-25-31(30-21-23-33(24-22-30)45-40-17-7-2-12-35(40)36-13-3-8-18-41(36)45)27-32(26-29)34-11-1-6-16-39(34)46-42-19-9-4-14-37(42)38-15-5-10-20-43(38)46/h1-27H. The van der Waals surface area contributed by atoms with Crippen molar-refractivity contribution in [3.63, 3.8) is 0 Å². The molecule has 0 N–H and O–H groups in total. The Balaban J connectivity index is 1.19. The summed E-state index contributed by atoms with van der Waals surface area (Å²) < 4.78 is 4.67. The second-order valence-electron chi connectivity index (χ2n) is 11.7. The molecule has 0 bridgehead atoms. The number of nitriles is 1. The normalized spacial score (nSPS) is 11.5. The van der Waals surface area contributed by atoms with Gasteiger partial charge in [-0.05, 0) is 77.4 Å². The summed E-state index contributed by atoms with van der Waals surface area (Å²) in [5.74, 6) is 0. The van der Waals surface area contributed by atoms with E-state index in [1.165, 1.54) is 32.6 Å². The van der Waals surface area contributed by atoms with Crippen molar-refractivity contribution in [3.8, 4) is 39.7 Å². The fourth-order valence-corrected chi connectivity index (χ4v) is 7.11. The van der Waals surface area contributed by atoms with Gasteiger partial charge in [0.1, 0.15) is 0 Å². The Morgan fingerprint density at radius 1 is 0.391 bits per heavy atom. The van der Waals surface area contributed by atoms with Crippen molar-refractivity contribution in [2.45, 2.75) is 0 Å². The van der Waals surface area contributed by atoms with E-state index in [2.05, 4.69) is 167 Å². The van der Waals surface area contributed by atoms with Crippen LogP contribution in [0, 0.1) is 11.3 Å². The van der Waals surface area contributed by atoms with E-state index >= 15 is 0 Å². The maximum atomic E-state index is 10.1. The van der Waals surface area contributed by atoms with Gasteiger partial charge in [-0.1, -0.05) is 103 Å². The summed E-state index contributed by atoms with van der Waals surface area (Å²) in [5.41, 5.74) is 11.7. The maximum absolute atomic E-state index is 10.1. The summed E-state index contributed by atoms with van der Waals surface area (Å²) in [6, 6.07) is 60.1. The highest BCUT2D eigenvalue weighted by atomic mass is 15.0. The van der Waals surface area contributed by atoms with Gasteiger partial charge in [-0.25, -0.2) is 0 Å². The van der Waals surface area contributed by atoms with Gasteiger partial charge in [-0.2, -0.15) is 5.26 Å². The van der Waals surface area contributed by atoms with Crippen molar-refractivity contribution in [1.82, 2.24) is 9.13 Å². The third-order valence-electron chi connectivity index (χ3n) is 9.14. The van der Waals surface area contributed by atoms with Crippen molar-refractivity contribution in [3.05, 3.63) is 169 Å². The van der Waals surface area contributed by atoms with Crippen LogP contribution >= 0.6 is 0 Å². The van der Waals surface area contributed by atoms with Crippen LogP contribution in [0.15, 0.2) is 164 Å². The van der Waals surface area contributed by atoms with Gasteiger partial charge in [-0.15, -0.1) is 0 Å². The smallest absolute Gasteiger partial charge is 0.0992 e. The van der Waals surface area contributed by atoms with Gasteiger partial charge in [0.2, 0.25) is 0 Å². The van der Waals surface area contributed by atoms with Crippen molar-refractivity contribution in [2.24, 2.45) is 0 Å². The summed E-state index contributed by atoms with van der Waals surface area (Å²) in [6.45, 7) is 0. The molecule has 3 heteroatoms. The van der Waals surface area contributed by atoms with Crippen molar-refractivity contribution in [2.75, 3.05) is 0 Å². The van der Waals surface area contributed by atoms with Crippen LogP contribution in [0.4, 0.5) is 0 Å². The summed E-state index contributed by atoms with van der Waals surface area (Å²) in [6.07, 6.45) is 0. The fraction of sp³-hybridized carbons (Fsp3) is 0. The third kappa shape index (κ3) is 3.98. The van der Waals surface area contributed by atoms with Crippen LogP contribution in [-0.2, 0) is 0 Å². The lowest BCUT2D eigenvalue weighted by atomic mass is 9.95. The molecule has 0 unspecified atom stereocenters. The topological polar surface area (TPSA) is 33.6 Å². The summed E-state index contributed by atoms with van der Waals surface area (Å²) in [5, 5.41) is 15.1. The van der Waals surface area contributed by atoms with Crippen molar-refractivity contribution >= 4 is 43.6 Å². The Hall–Kier alpha value is -6.37. The first kappa shape index (κ1) is 26.1. The molecule has 0 fully saturated rings. The van der Waals surface area contributed by atoms with Crippen LogP contribution in [0.1, 0.15) is 5.56 Å². The number of aromatic nitrogens is 2. The molecule has 9 rings (SSSR count). The number of benzene rings is 7. The first-order valence-electron chi connectivity index (χ1n) is 15.5. The predicted molar refractivity (Wildman–Crippen MR) is 191 cm³/mol. The number of nitrogens with zero attached hydrogens (tertiary/aromatic N) is 3. The summed E-state index contributed by atoms with van der Waals surface area (Å²) >= 11 is 0. The molecule has 214 valence electrons. The number of para-hydroxylation sites is 5. The molecule has 9 aromatic rings. The molecule has 0 saturated heterocycles. The Labute approximate surface area is 266 Å². The lowest BCUT2D eigenvalue weighted by Crippen LogP contribution is -1.97. The molecular formula is C43H27N3. The van der Waals surface area contributed by atoms with Crippen molar-refractivity contribution < 1.29 is 0 Å². The Kier molecular flexibility index (Phi) is 5.88. The van der Waals surface area contributed by atoms with Crippen LogP contribution in [0.5, 0.6) is 0 Å². The Morgan fingerprint density at radius 2 is 0.848 bits per heavy atom. The fourth-order valence-electron chi connectivity index (χ4n) is 7.11. The van der Waals surface area contributed by atoms with E-state index in [4.69, 9.17) is 0 Å². The molecular weight excluding hydrogens is 558 g/mol. The molecule has 0 aliphatic heterocycles. The molecule has 7 aromatic carbocycles. The van der Waals surface area contributed by atoms with E-state index in [9.17, 15) is 5.26 Å². The van der Waals surface area contributed by atoms with Crippen LogP contribution in [0.3, 0.4) is 0 Å². The van der Waals surface area contributed by atoms with E-state index in [0.29, 0.717) is 5.56 Å². The van der Waals surface area contributed by atoms with Crippen LogP contribution in [0.2, 0.25) is 0 Å². The monoisotopic (exact) mass is 585 g/mol. The highest BCUT2D eigenvalue weighted by Crippen LogP contribution is 2.38. The SMILES string of the molecule is N#Cc1cc(-c2ccc(-n3c4ccccc4c4ccccc43)cc2)cc(-c2ccccc2-n2c3ccccc3c3ccccc32)c1. The molecule has 0 aliphatic rings. The average molecular weight is 586 g/mol. The molecule has 0 spiro atoms. The van der Waals surface area contributed by atoms with Gasteiger partial charge in [0.05, 0.1) is 39.4 Å². The van der Waals surface area contributed by atoms with Crippen LogP contribution < -0.4 is 0 Å². The maximum Gasteiger partial charge on any atom is 0.0992 e. The van der Waals surface area contributed by atoms with Gasteiger partial charge >= 0.3 is 0 Å². The number of fused-ring (bicyclic) bond motifs is 6. The molecule has 0 saturated carbocycles. The highest BCUT2D eigenvalue weighted by Gasteiger charge is 2.16. The molecule has 2 aromatic heterocycles. The first-order valence-corrected chi connectivity index (χ1v) is 15.5. The Morgan fingerprint density at radius 3 is 1.39 bits per heavy atom. The average Bonchev–Trinajstić information content (AvgIpc) is 3.65. The van der Waals surface area contributed by atoms with Crippen LogP contribution in [-0.4, -0.2) is 9.13 Å². The number of hydrogen-bond donors (Lipinski definition) is 0. The molecule has 3 nitrogen and oxygen atoms in total. The largest absolute Gasteiger partial charge is 0.309 e. The van der Waals surface area contributed by atoms with Gasteiger partial charge in [0.25, 0.3) is 0 Å². The molecule has 0 aliphatic carbocycles. The van der Waals surface area contributed by atoms with Gasteiger partial charge in [0.15, 0.2) is 0 Å². The minimum absolute atomic E-state index is 0.635. The van der Waals surface area contributed by atoms with Gasteiger partial charge in [0, 0.05) is 32.8 Å². The molecule has 2 heterocycles. The third-order valence-corrected chi connectivity index (χ3v) is 9.14. The van der Waals surface area contributed by atoms with E-state index in [1.54, 1.807) is 0 Å². The summed E-state index contributed by atoms with van der Waals surface area (Å²) in [7, 11) is 0. The van der Waals surface area contributed by atoms with Gasteiger partial charge < -0.3 is 9.13 Å². The highest BCUT2D eigenvalue weighted by molar-refractivity contribution is 6.10. The van der Waals surface area contributed by atoms with E-state index < -0.39 is 0 Å². The molecule has 0 radical (unpaired) electrons. The lowest BCUT2D eigenvalue weighted by Gasteiger charge is -2.15. The first-order chi connectivity index (χ1) is 22.8. The zero-order chi connectivity index (χ0) is 30.6. The summed E-state index contributed by atoms with van der Waals surface area (Å²) in [4.78, 5) is 0. The quantitative estimate of drug-likeness (QED) is 0.202. The second-order valence-corrected chi connectivity index (χ2v) is 11.7. The predicted octanol–water partition coefficient (Wildman–Crippen LogP) is 11.1. The molecule has 46 heavy (non-hydrogen) atoms. The minimum Gasteiger partial charge on any atom is -0.309 e. The van der Waals surface area contributed by atoms with E-state index in [0.717, 1.165) is 44.7 Å². The zero-order valence-corrected chi connectivity index (χ0v) is 24.9. The van der Waals surface area contributed by atoms with Crippen molar-refractivity contribution in [1.29, 1.82) is 5.26 Å². The Bertz CT molecular complexity index is 2540. The van der Waals surface area contributed by atoms with E-state index in [-0.39, 0.29) is 0 Å².